The van der Waals surface area contributed by atoms with Crippen LogP contribution in [-0.2, 0) is 4.79 Å². The first-order valence-corrected chi connectivity index (χ1v) is 8.92. The molecule has 3 rings (SSSR count). The fraction of sp³-hybridized carbons (Fsp3) is 0.118. The van der Waals surface area contributed by atoms with Crippen LogP contribution in [0.5, 0.6) is 0 Å². The number of aromatic nitrogens is 2. The van der Waals surface area contributed by atoms with E-state index in [2.05, 4.69) is 10.2 Å². The summed E-state index contributed by atoms with van der Waals surface area (Å²) in [7, 11) is 1.78. The maximum atomic E-state index is 12.2. The average molecular weight is 341 g/mol. The number of thiophene rings is 1. The summed E-state index contributed by atoms with van der Waals surface area (Å²) in [6.07, 6.45) is 0. The van der Waals surface area contributed by atoms with Crippen molar-refractivity contribution in [2.24, 2.45) is 0 Å². The highest BCUT2D eigenvalue weighted by atomic mass is 32.2. The number of anilines is 1. The number of benzene rings is 1. The Morgan fingerprint density at radius 3 is 2.57 bits per heavy atom. The Morgan fingerprint density at radius 2 is 1.91 bits per heavy atom. The number of carbonyl (C=O) groups excluding carboxylic acids is 1. The highest BCUT2D eigenvalue weighted by Crippen LogP contribution is 2.24. The van der Waals surface area contributed by atoms with Crippen LogP contribution in [-0.4, -0.2) is 28.9 Å². The smallest absolute Gasteiger partial charge is 0.237 e. The van der Waals surface area contributed by atoms with Crippen LogP contribution in [0.1, 0.15) is 0 Å². The molecular formula is C17H15N3OS2. The summed E-state index contributed by atoms with van der Waals surface area (Å²) in [5, 5.41) is 11.2. The van der Waals surface area contributed by atoms with Gasteiger partial charge in [0.05, 0.1) is 10.6 Å². The lowest BCUT2D eigenvalue weighted by molar-refractivity contribution is -0.115. The second-order valence-corrected chi connectivity index (χ2v) is 6.75. The maximum absolute atomic E-state index is 12.2. The molecule has 0 atom stereocenters. The molecule has 4 nitrogen and oxygen atoms in total. The molecule has 0 saturated carbocycles. The predicted molar refractivity (Wildman–Crippen MR) is 95.9 cm³/mol. The molecule has 116 valence electrons. The lowest BCUT2D eigenvalue weighted by Crippen LogP contribution is -2.27. The summed E-state index contributed by atoms with van der Waals surface area (Å²) in [5.74, 6) is 0.364. The molecule has 1 aromatic carbocycles. The largest absolute Gasteiger partial charge is 0.315 e. The summed E-state index contributed by atoms with van der Waals surface area (Å²) in [4.78, 5) is 15.0. The van der Waals surface area contributed by atoms with Crippen LogP contribution in [0.4, 0.5) is 5.69 Å². The monoisotopic (exact) mass is 341 g/mol. The van der Waals surface area contributed by atoms with Gasteiger partial charge in [-0.1, -0.05) is 36.0 Å². The van der Waals surface area contributed by atoms with Gasteiger partial charge in [0, 0.05) is 12.7 Å². The van der Waals surface area contributed by atoms with Gasteiger partial charge in [0.2, 0.25) is 5.91 Å². The molecule has 0 spiro atoms. The van der Waals surface area contributed by atoms with Gasteiger partial charge in [0.25, 0.3) is 0 Å². The SMILES string of the molecule is CN(C(=O)CSc1ccc(-c2cccs2)nn1)c1ccccc1. The van der Waals surface area contributed by atoms with E-state index in [0.29, 0.717) is 5.75 Å². The molecule has 0 radical (unpaired) electrons. The highest BCUT2D eigenvalue weighted by Gasteiger charge is 2.11. The van der Waals surface area contributed by atoms with E-state index >= 15 is 0 Å². The third-order valence-electron chi connectivity index (χ3n) is 3.27. The standard InChI is InChI=1S/C17H15N3OS2/c1-20(13-6-3-2-4-7-13)17(21)12-23-16-10-9-14(18-19-16)15-8-5-11-22-15/h2-11H,12H2,1H3. The molecule has 0 N–H and O–H groups in total. The van der Waals surface area contributed by atoms with Crippen molar-refractivity contribution in [1.82, 2.24) is 10.2 Å². The normalized spacial score (nSPS) is 10.5. The minimum atomic E-state index is 0.0327. The number of amides is 1. The van der Waals surface area contributed by atoms with Gasteiger partial charge in [-0.25, -0.2) is 0 Å². The van der Waals surface area contributed by atoms with Crippen molar-refractivity contribution < 1.29 is 4.79 Å². The van der Waals surface area contributed by atoms with Crippen molar-refractivity contribution in [2.45, 2.75) is 5.03 Å². The van der Waals surface area contributed by atoms with Gasteiger partial charge < -0.3 is 4.90 Å². The summed E-state index contributed by atoms with van der Waals surface area (Å²) >= 11 is 3.03. The van der Waals surface area contributed by atoms with Gasteiger partial charge in [0.15, 0.2) is 0 Å². The van der Waals surface area contributed by atoms with E-state index in [9.17, 15) is 4.79 Å². The molecule has 2 heterocycles. The van der Waals surface area contributed by atoms with E-state index < -0.39 is 0 Å². The molecular weight excluding hydrogens is 326 g/mol. The first-order chi connectivity index (χ1) is 11.2. The molecule has 0 bridgehead atoms. The van der Waals surface area contributed by atoms with Crippen LogP contribution in [0.3, 0.4) is 0 Å². The van der Waals surface area contributed by atoms with Crippen molar-refractivity contribution in [3.63, 3.8) is 0 Å². The topological polar surface area (TPSA) is 46.1 Å². The average Bonchev–Trinajstić information content (AvgIpc) is 3.15. The fourth-order valence-corrected chi connectivity index (χ4v) is 3.40. The molecule has 3 aromatic rings. The number of para-hydroxylation sites is 1. The fourth-order valence-electron chi connectivity index (χ4n) is 1.98. The van der Waals surface area contributed by atoms with Gasteiger partial charge in [-0.15, -0.1) is 21.5 Å². The molecule has 6 heteroatoms. The summed E-state index contributed by atoms with van der Waals surface area (Å²) in [6, 6.07) is 17.4. The zero-order chi connectivity index (χ0) is 16.1. The molecule has 0 unspecified atom stereocenters. The molecule has 0 aliphatic rings. The van der Waals surface area contributed by atoms with E-state index in [-0.39, 0.29) is 5.91 Å². The quantitative estimate of drug-likeness (QED) is 0.659. The maximum Gasteiger partial charge on any atom is 0.237 e. The Kier molecular flexibility index (Phi) is 5.05. The molecule has 0 saturated heterocycles. The number of nitrogens with zero attached hydrogens (tertiary/aromatic N) is 3. The van der Waals surface area contributed by atoms with Crippen LogP contribution in [0.2, 0.25) is 0 Å². The first-order valence-electron chi connectivity index (χ1n) is 7.06. The summed E-state index contributed by atoms with van der Waals surface area (Å²) < 4.78 is 0. The van der Waals surface area contributed by atoms with E-state index in [4.69, 9.17) is 0 Å². The van der Waals surface area contributed by atoms with Crippen LogP contribution in [0.15, 0.2) is 65.0 Å². The van der Waals surface area contributed by atoms with Gasteiger partial charge >= 0.3 is 0 Å². The zero-order valence-electron chi connectivity index (χ0n) is 12.5. The lowest BCUT2D eigenvalue weighted by Gasteiger charge is -2.16. The molecule has 0 aliphatic carbocycles. The number of rotatable bonds is 5. The highest BCUT2D eigenvalue weighted by molar-refractivity contribution is 7.99. The van der Waals surface area contributed by atoms with Crippen molar-refractivity contribution in [1.29, 1.82) is 0 Å². The molecule has 2 aromatic heterocycles. The van der Waals surface area contributed by atoms with Crippen molar-refractivity contribution >= 4 is 34.7 Å². The Morgan fingerprint density at radius 1 is 1.09 bits per heavy atom. The predicted octanol–water partition coefficient (Wildman–Crippen LogP) is 3.96. The van der Waals surface area contributed by atoms with E-state index in [1.165, 1.54) is 11.8 Å². The number of carbonyl (C=O) groups is 1. The Balaban J connectivity index is 1.59. The zero-order valence-corrected chi connectivity index (χ0v) is 14.2. The summed E-state index contributed by atoms with van der Waals surface area (Å²) in [5.41, 5.74) is 1.74. The number of hydrogen-bond acceptors (Lipinski definition) is 5. The van der Waals surface area contributed by atoms with Crippen molar-refractivity contribution in [3.8, 4) is 10.6 Å². The Bertz CT molecular complexity index is 758. The van der Waals surface area contributed by atoms with E-state index in [1.807, 2.05) is 60.0 Å². The van der Waals surface area contributed by atoms with Crippen molar-refractivity contribution in [3.05, 3.63) is 60.0 Å². The van der Waals surface area contributed by atoms with Crippen LogP contribution in [0, 0.1) is 0 Å². The Hall–Kier alpha value is -2.18. The second kappa shape index (κ2) is 7.39. The van der Waals surface area contributed by atoms with Crippen molar-refractivity contribution in [2.75, 3.05) is 17.7 Å². The third kappa shape index (κ3) is 3.97. The van der Waals surface area contributed by atoms with Crippen LogP contribution >= 0.6 is 23.1 Å². The van der Waals surface area contributed by atoms with Crippen LogP contribution in [0.25, 0.3) is 10.6 Å². The molecule has 23 heavy (non-hydrogen) atoms. The van der Waals surface area contributed by atoms with Gasteiger partial charge in [-0.3, -0.25) is 4.79 Å². The third-order valence-corrected chi connectivity index (χ3v) is 5.07. The molecule has 0 fully saturated rings. The lowest BCUT2D eigenvalue weighted by atomic mass is 10.3. The minimum Gasteiger partial charge on any atom is -0.315 e. The molecule has 1 amide bonds. The summed E-state index contributed by atoms with van der Waals surface area (Å²) in [6.45, 7) is 0. The number of hydrogen-bond donors (Lipinski definition) is 0. The first kappa shape index (κ1) is 15.7. The number of thioether (sulfide) groups is 1. The van der Waals surface area contributed by atoms with Crippen LogP contribution < -0.4 is 4.90 Å². The van der Waals surface area contributed by atoms with E-state index in [0.717, 1.165) is 21.3 Å². The van der Waals surface area contributed by atoms with Gasteiger partial charge in [-0.05, 0) is 35.7 Å². The Labute approximate surface area is 143 Å². The van der Waals surface area contributed by atoms with Gasteiger partial charge in [-0.2, -0.15) is 0 Å². The molecule has 0 aliphatic heterocycles. The van der Waals surface area contributed by atoms with E-state index in [1.54, 1.807) is 23.3 Å². The minimum absolute atomic E-state index is 0.0327. The van der Waals surface area contributed by atoms with Gasteiger partial charge in [0.1, 0.15) is 10.7 Å². The second-order valence-electron chi connectivity index (χ2n) is 4.81.